The second kappa shape index (κ2) is 7.01. The largest absolute Gasteiger partial charge is 0.497 e. The minimum Gasteiger partial charge on any atom is -0.497 e. The van der Waals surface area contributed by atoms with Crippen molar-refractivity contribution in [2.75, 3.05) is 20.8 Å². The molecule has 1 rings (SSSR count). The van der Waals surface area contributed by atoms with E-state index in [0.717, 1.165) is 6.42 Å². The van der Waals surface area contributed by atoms with Crippen LogP contribution in [0.15, 0.2) is 18.2 Å². The molecule has 0 aromatic heterocycles. The number of ketones is 1. The summed E-state index contributed by atoms with van der Waals surface area (Å²) in [6.07, 6.45) is 1.36. The number of hydrogen-bond acceptors (Lipinski definition) is 4. The predicted octanol–water partition coefficient (Wildman–Crippen LogP) is 2.26. The molecule has 4 nitrogen and oxygen atoms in total. The van der Waals surface area contributed by atoms with Gasteiger partial charge in [0.15, 0.2) is 5.78 Å². The third-order valence-corrected chi connectivity index (χ3v) is 3.09. The normalized spacial score (nSPS) is 12.0. The van der Waals surface area contributed by atoms with E-state index in [2.05, 4.69) is 0 Å². The van der Waals surface area contributed by atoms with Crippen LogP contribution >= 0.6 is 0 Å². The van der Waals surface area contributed by atoms with Crippen molar-refractivity contribution < 1.29 is 14.3 Å². The van der Waals surface area contributed by atoms with Gasteiger partial charge in [-0.05, 0) is 24.6 Å². The average molecular weight is 251 g/mol. The topological polar surface area (TPSA) is 61.6 Å². The first kappa shape index (κ1) is 14.5. The highest BCUT2D eigenvalue weighted by molar-refractivity contribution is 5.99. The zero-order valence-corrected chi connectivity index (χ0v) is 11.2. The van der Waals surface area contributed by atoms with Crippen LogP contribution in [-0.4, -0.2) is 26.5 Å². The van der Waals surface area contributed by atoms with Gasteiger partial charge in [0.25, 0.3) is 0 Å². The minimum absolute atomic E-state index is 0.0619. The van der Waals surface area contributed by atoms with Gasteiger partial charge in [0.1, 0.15) is 11.5 Å². The molecular formula is C14H21NO3. The highest BCUT2D eigenvalue weighted by Gasteiger charge is 2.16. The van der Waals surface area contributed by atoms with Crippen LogP contribution in [0.1, 0.15) is 30.1 Å². The molecule has 0 spiro atoms. The Morgan fingerprint density at radius 1 is 1.33 bits per heavy atom. The molecule has 0 saturated heterocycles. The Labute approximate surface area is 108 Å². The highest BCUT2D eigenvalue weighted by atomic mass is 16.5. The van der Waals surface area contributed by atoms with Crippen LogP contribution < -0.4 is 15.2 Å². The van der Waals surface area contributed by atoms with Gasteiger partial charge in [-0.2, -0.15) is 0 Å². The van der Waals surface area contributed by atoms with Crippen molar-refractivity contribution in [1.29, 1.82) is 0 Å². The lowest BCUT2D eigenvalue weighted by Crippen LogP contribution is -2.17. The standard InChI is InChI=1S/C14H21NO3/c1-4-10(9-15)7-13(16)12-6-5-11(17-2)8-14(12)18-3/h5-6,8,10H,4,7,9,15H2,1-3H3. The van der Waals surface area contributed by atoms with Gasteiger partial charge >= 0.3 is 0 Å². The van der Waals surface area contributed by atoms with Crippen LogP contribution in [0.5, 0.6) is 11.5 Å². The number of carbonyl (C=O) groups is 1. The predicted molar refractivity (Wildman–Crippen MR) is 71.3 cm³/mol. The molecule has 0 amide bonds. The molecule has 18 heavy (non-hydrogen) atoms. The Hall–Kier alpha value is -1.55. The fraction of sp³-hybridized carbons (Fsp3) is 0.500. The van der Waals surface area contributed by atoms with Crippen molar-refractivity contribution in [1.82, 2.24) is 0 Å². The van der Waals surface area contributed by atoms with Gasteiger partial charge in [-0.25, -0.2) is 0 Å². The van der Waals surface area contributed by atoms with E-state index in [1.165, 1.54) is 0 Å². The molecular weight excluding hydrogens is 230 g/mol. The molecule has 0 heterocycles. The third kappa shape index (κ3) is 3.47. The fourth-order valence-electron chi connectivity index (χ4n) is 1.80. The molecule has 2 N–H and O–H groups in total. The van der Waals surface area contributed by atoms with E-state index in [1.807, 2.05) is 6.92 Å². The zero-order chi connectivity index (χ0) is 13.5. The summed E-state index contributed by atoms with van der Waals surface area (Å²) in [5, 5.41) is 0. The quantitative estimate of drug-likeness (QED) is 0.755. The van der Waals surface area contributed by atoms with Crippen molar-refractivity contribution in [3.63, 3.8) is 0 Å². The van der Waals surface area contributed by atoms with Crippen LogP contribution in [0.4, 0.5) is 0 Å². The molecule has 0 saturated carbocycles. The number of carbonyl (C=O) groups excluding carboxylic acids is 1. The number of ether oxygens (including phenoxy) is 2. The van der Waals surface area contributed by atoms with Gasteiger partial charge in [0.2, 0.25) is 0 Å². The molecule has 0 radical (unpaired) electrons. The van der Waals surface area contributed by atoms with Crippen LogP contribution in [0.2, 0.25) is 0 Å². The summed E-state index contributed by atoms with van der Waals surface area (Å²) in [7, 11) is 3.13. The van der Waals surface area contributed by atoms with Gasteiger partial charge in [0.05, 0.1) is 19.8 Å². The number of benzene rings is 1. The molecule has 0 aliphatic carbocycles. The maximum absolute atomic E-state index is 12.2. The summed E-state index contributed by atoms with van der Waals surface area (Å²) in [6, 6.07) is 5.22. The van der Waals surface area contributed by atoms with Crippen molar-refractivity contribution in [2.24, 2.45) is 11.7 Å². The number of nitrogens with two attached hydrogens (primary N) is 1. The summed E-state index contributed by atoms with van der Waals surface area (Å²) >= 11 is 0. The van der Waals surface area contributed by atoms with Crippen molar-refractivity contribution in [3.05, 3.63) is 23.8 Å². The molecule has 0 fully saturated rings. The Morgan fingerprint density at radius 3 is 2.56 bits per heavy atom. The monoisotopic (exact) mass is 251 g/mol. The van der Waals surface area contributed by atoms with E-state index in [1.54, 1.807) is 32.4 Å². The SMILES string of the molecule is CCC(CN)CC(=O)c1ccc(OC)cc1OC. The molecule has 1 aromatic carbocycles. The summed E-state index contributed by atoms with van der Waals surface area (Å²) in [6.45, 7) is 2.57. The first-order valence-corrected chi connectivity index (χ1v) is 6.11. The summed E-state index contributed by atoms with van der Waals surface area (Å²) in [5.74, 6) is 1.51. The highest BCUT2D eigenvalue weighted by Crippen LogP contribution is 2.26. The Bertz CT molecular complexity index is 400. The van der Waals surface area contributed by atoms with Gasteiger partial charge < -0.3 is 15.2 Å². The maximum Gasteiger partial charge on any atom is 0.166 e. The van der Waals surface area contributed by atoms with Gasteiger partial charge in [-0.3, -0.25) is 4.79 Å². The smallest absolute Gasteiger partial charge is 0.166 e. The number of rotatable bonds is 7. The molecule has 100 valence electrons. The van der Waals surface area contributed by atoms with E-state index >= 15 is 0 Å². The maximum atomic E-state index is 12.2. The van der Waals surface area contributed by atoms with Crippen LogP contribution in [0, 0.1) is 5.92 Å². The first-order chi connectivity index (χ1) is 8.65. The van der Waals surface area contributed by atoms with Crippen LogP contribution in [-0.2, 0) is 0 Å². The molecule has 4 heteroatoms. The summed E-state index contributed by atoms with van der Waals surface area (Å²) < 4.78 is 10.3. The fourth-order valence-corrected chi connectivity index (χ4v) is 1.80. The molecule has 1 atom stereocenters. The zero-order valence-electron chi connectivity index (χ0n) is 11.2. The lowest BCUT2D eigenvalue weighted by molar-refractivity contribution is 0.0958. The van der Waals surface area contributed by atoms with E-state index in [0.29, 0.717) is 30.0 Å². The van der Waals surface area contributed by atoms with Gasteiger partial charge in [-0.15, -0.1) is 0 Å². The van der Waals surface area contributed by atoms with Crippen molar-refractivity contribution >= 4 is 5.78 Å². The lowest BCUT2D eigenvalue weighted by atomic mass is 9.95. The first-order valence-electron chi connectivity index (χ1n) is 6.11. The van der Waals surface area contributed by atoms with Crippen LogP contribution in [0.3, 0.4) is 0 Å². The van der Waals surface area contributed by atoms with E-state index in [-0.39, 0.29) is 11.7 Å². The molecule has 0 aliphatic heterocycles. The number of Topliss-reactive ketones (excluding diaryl/α,β-unsaturated/α-hetero) is 1. The average Bonchev–Trinajstić information content (AvgIpc) is 2.43. The Balaban J connectivity index is 2.91. The van der Waals surface area contributed by atoms with E-state index < -0.39 is 0 Å². The number of hydrogen-bond donors (Lipinski definition) is 1. The van der Waals surface area contributed by atoms with E-state index in [9.17, 15) is 4.79 Å². The Kier molecular flexibility index (Phi) is 5.65. The third-order valence-electron chi connectivity index (χ3n) is 3.09. The second-order valence-corrected chi connectivity index (χ2v) is 4.20. The summed E-state index contributed by atoms with van der Waals surface area (Å²) in [5.41, 5.74) is 6.21. The second-order valence-electron chi connectivity index (χ2n) is 4.20. The number of methoxy groups -OCH3 is 2. The summed E-state index contributed by atoms with van der Waals surface area (Å²) in [4.78, 5) is 12.2. The Morgan fingerprint density at radius 2 is 2.06 bits per heavy atom. The minimum atomic E-state index is 0.0619. The molecule has 0 aliphatic rings. The van der Waals surface area contributed by atoms with Crippen LogP contribution in [0.25, 0.3) is 0 Å². The molecule has 1 aromatic rings. The van der Waals surface area contributed by atoms with Crippen molar-refractivity contribution in [2.45, 2.75) is 19.8 Å². The van der Waals surface area contributed by atoms with Gasteiger partial charge in [0, 0.05) is 12.5 Å². The molecule has 1 unspecified atom stereocenters. The van der Waals surface area contributed by atoms with Crippen molar-refractivity contribution in [3.8, 4) is 11.5 Å². The molecule has 0 bridgehead atoms. The lowest BCUT2D eigenvalue weighted by Gasteiger charge is -2.13. The van der Waals surface area contributed by atoms with E-state index in [4.69, 9.17) is 15.2 Å². The van der Waals surface area contributed by atoms with Gasteiger partial charge in [-0.1, -0.05) is 13.3 Å².